The molecule has 1 heterocycles. The molecule has 3 nitrogen and oxygen atoms in total. The van der Waals surface area contributed by atoms with Gasteiger partial charge in [0, 0.05) is 51.8 Å². The van der Waals surface area contributed by atoms with Gasteiger partial charge in [-0.25, -0.2) is 0 Å². The third-order valence-electron chi connectivity index (χ3n) is 2.94. The fraction of sp³-hybridized carbons (Fsp3) is 1.00. The van der Waals surface area contributed by atoms with Gasteiger partial charge in [0.05, 0.1) is 0 Å². The van der Waals surface area contributed by atoms with E-state index in [1.54, 1.807) is 7.11 Å². The molecule has 0 radical (unpaired) electrons. The minimum absolute atomic E-state index is 0.906. The van der Waals surface area contributed by atoms with Crippen LogP contribution in [0.4, 0.5) is 0 Å². The lowest BCUT2D eigenvalue weighted by Crippen LogP contribution is -2.47. The standard InChI is InChI=1S/C11H23BrN2O/c1-15-11-3-2-5-13-7-9-14(6-4-12)10-8-13/h2-11H2,1H3. The third-order valence-corrected chi connectivity index (χ3v) is 3.29. The summed E-state index contributed by atoms with van der Waals surface area (Å²) in [6.07, 6.45) is 2.46. The van der Waals surface area contributed by atoms with Gasteiger partial charge >= 0.3 is 0 Å². The zero-order valence-corrected chi connectivity index (χ0v) is 11.3. The van der Waals surface area contributed by atoms with E-state index in [0.29, 0.717) is 0 Å². The Bertz CT molecular complexity index is 147. The number of ether oxygens (including phenoxy) is 1. The molecule has 1 aliphatic rings. The van der Waals surface area contributed by atoms with E-state index in [9.17, 15) is 0 Å². The monoisotopic (exact) mass is 278 g/mol. The molecule has 0 bridgehead atoms. The first-order valence-electron chi connectivity index (χ1n) is 5.86. The number of hydrogen-bond acceptors (Lipinski definition) is 3. The summed E-state index contributed by atoms with van der Waals surface area (Å²) in [5.74, 6) is 0. The zero-order valence-electron chi connectivity index (χ0n) is 9.75. The van der Waals surface area contributed by atoms with Crippen LogP contribution in [-0.4, -0.2) is 68.1 Å². The predicted molar refractivity (Wildman–Crippen MR) is 67.8 cm³/mol. The molecule has 0 aromatic rings. The summed E-state index contributed by atoms with van der Waals surface area (Å²) < 4.78 is 5.05. The molecule has 15 heavy (non-hydrogen) atoms. The van der Waals surface area contributed by atoms with Crippen molar-refractivity contribution < 1.29 is 4.74 Å². The summed E-state index contributed by atoms with van der Waals surface area (Å²) in [5, 5.41) is 1.10. The second-order valence-corrected chi connectivity index (χ2v) is 4.87. The average Bonchev–Trinajstić information content (AvgIpc) is 2.27. The molecule has 0 saturated carbocycles. The van der Waals surface area contributed by atoms with Crippen LogP contribution >= 0.6 is 15.9 Å². The van der Waals surface area contributed by atoms with Crippen molar-refractivity contribution in [1.82, 2.24) is 9.80 Å². The van der Waals surface area contributed by atoms with Gasteiger partial charge in [-0.15, -0.1) is 0 Å². The molecular formula is C11H23BrN2O. The fourth-order valence-electron chi connectivity index (χ4n) is 1.94. The number of halogens is 1. The van der Waals surface area contributed by atoms with E-state index in [1.807, 2.05) is 0 Å². The summed E-state index contributed by atoms with van der Waals surface area (Å²) in [6, 6.07) is 0. The van der Waals surface area contributed by atoms with E-state index in [1.165, 1.54) is 52.1 Å². The van der Waals surface area contributed by atoms with E-state index in [0.717, 1.165) is 11.9 Å². The highest BCUT2D eigenvalue weighted by Crippen LogP contribution is 2.03. The molecule has 0 unspecified atom stereocenters. The van der Waals surface area contributed by atoms with E-state index in [2.05, 4.69) is 25.7 Å². The van der Waals surface area contributed by atoms with Gasteiger partial charge in [0.2, 0.25) is 0 Å². The Morgan fingerprint density at radius 2 is 1.60 bits per heavy atom. The van der Waals surface area contributed by atoms with Crippen molar-refractivity contribution in [2.45, 2.75) is 12.8 Å². The first-order chi connectivity index (χ1) is 7.36. The maximum Gasteiger partial charge on any atom is 0.0462 e. The lowest BCUT2D eigenvalue weighted by atomic mass is 10.2. The summed E-state index contributed by atoms with van der Waals surface area (Å²) in [4.78, 5) is 5.10. The largest absolute Gasteiger partial charge is 0.385 e. The van der Waals surface area contributed by atoms with Crippen LogP contribution in [0, 0.1) is 0 Å². The van der Waals surface area contributed by atoms with Crippen molar-refractivity contribution in [3.8, 4) is 0 Å². The molecule has 1 rings (SSSR count). The molecule has 90 valence electrons. The topological polar surface area (TPSA) is 15.7 Å². The number of nitrogens with zero attached hydrogens (tertiary/aromatic N) is 2. The Kier molecular flexibility index (Phi) is 7.61. The highest BCUT2D eigenvalue weighted by molar-refractivity contribution is 9.09. The zero-order chi connectivity index (χ0) is 10.9. The molecule has 0 amide bonds. The van der Waals surface area contributed by atoms with Crippen LogP contribution in [0.2, 0.25) is 0 Å². The highest BCUT2D eigenvalue weighted by Gasteiger charge is 2.15. The molecule has 0 spiro atoms. The minimum atomic E-state index is 0.906. The minimum Gasteiger partial charge on any atom is -0.385 e. The van der Waals surface area contributed by atoms with Gasteiger partial charge in [-0.05, 0) is 19.4 Å². The van der Waals surface area contributed by atoms with Crippen molar-refractivity contribution in [3.63, 3.8) is 0 Å². The molecule has 1 fully saturated rings. The van der Waals surface area contributed by atoms with Crippen molar-refractivity contribution >= 4 is 15.9 Å². The Morgan fingerprint density at radius 3 is 2.13 bits per heavy atom. The quantitative estimate of drug-likeness (QED) is 0.518. The van der Waals surface area contributed by atoms with Crippen molar-refractivity contribution in [3.05, 3.63) is 0 Å². The predicted octanol–water partition coefficient (Wildman–Crippen LogP) is 1.43. The van der Waals surface area contributed by atoms with Gasteiger partial charge in [-0.2, -0.15) is 0 Å². The van der Waals surface area contributed by atoms with Crippen LogP contribution in [0.25, 0.3) is 0 Å². The molecule has 0 atom stereocenters. The number of methoxy groups -OCH3 is 1. The summed E-state index contributed by atoms with van der Waals surface area (Å²) in [5.41, 5.74) is 0. The first kappa shape index (κ1) is 13.4. The summed E-state index contributed by atoms with van der Waals surface area (Å²) >= 11 is 3.49. The van der Waals surface area contributed by atoms with Crippen LogP contribution in [0.3, 0.4) is 0 Å². The van der Waals surface area contributed by atoms with Crippen LogP contribution < -0.4 is 0 Å². The molecule has 0 aromatic heterocycles. The summed E-state index contributed by atoms with van der Waals surface area (Å²) in [6.45, 7) is 8.28. The number of unbranched alkanes of at least 4 members (excludes halogenated alkanes) is 1. The molecule has 0 N–H and O–H groups in total. The molecular weight excluding hydrogens is 256 g/mol. The Balaban J connectivity index is 1.99. The van der Waals surface area contributed by atoms with Crippen molar-refractivity contribution in [1.29, 1.82) is 0 Å². The lowest BCUT2D eigenvalue weighted by Gasteiger charge is -2.34. The molecule has 1 saturated heterocycles. The van der Waals surface area contributed by atoms with Crippen LogP contribution in [0.15, 0.2) is 0 Å². The number of piperazine rings is 1. The fourth-order valence-corrected chi connectivity index (χ4v) is 2.44. The molecule has 4 heteroatoms. The smallest absolute Gasteiger partial charge is 0.0462 e. The average molecular weight is 279 g/mol. The van der Waals surface area contributed by atoms with Gasteiger partial charge in [0.1, 0.15) is 0 Å². The van der Waals surface area contributed by atoms with Gasteiger partial charge in [0.25, 0.3) is 0 Å². The van der Waals surface area contributed by atoms with Gasteiger partial charge in [-0.1, -0.05) is 15.9 Å². The van der Waals surface area contributed by atoms with Crippen molar-refractivity contribution in [2.24, 2.45) is 0 Å². The maximum atomic E-state index is 5.05. The second kappa shape index (κ2) is 8.50. The van der Waals surface area contributed by atoms with E-state index in [4.69, 9.17) is 4.74 Å². The number of alkyl halides is 1. The van der Waals surface area contributed by atoms with Gasteiger partial charge < -0.3 is 9.64 Å². The number of hydrogen-bond donors (Lipinski definition) is 0. The highest BCUT2D eigenvalue weighted by atomic mass is 79.9. The Morgan fingerprint density at radius 1 is 1.00 bits per heavy atom. The SMILES string of the molecule is COCCCCN1CCN(CCBr)CC1. The Labute approximate surface area is 102 Å². The van der Waals surface area contributed by atoms with Crippen LogP contribution in [-0.2, 0) is 4.74 Å². The first-order valence-corrected chi connectivity index (χ1v) is 6.98. The summed E-state index contributed by atoms with van der Waals surface area (Å²) in [7, 11) is 1.78. The lowest BCUT2D eigenvalue weighted by molar-refractivity contribution is 0.131. The Hall–Kier alpha value is 0.360. The van der Waals surface area contributed by atoms with Crippen LogP contribution in [0.5, 0.6) is 0 Å². The van der Waals surface area contributed by atoms with E-state index in [-0.39, 0.29) is 0 Å². The second-order valence-electron chi connectivity index (χ2n) is 4.07. The van der Waals surface area contributed by atoms with Crippen LogP contribution in [0.1, 0.15) is 12.8 Å². The van der Waals surface area contributed by atoms with E-state index >= 15 is 0 Å². The van der Waals surface area contributed by atoms with E-state index < -0.39 is 0 Å². The molecule has 0 aromatic carbocycles. The molecule has 0 aliphatic carbocycles. The third kappa shape index (κ3) is 5.85. The molecule has 1 aliphatic heterocycles. The normalized spacial score (nSPS) is 19.6. The van der Waals surface area contributed by atoms with Gasteiger partial charge in [0.15, 0.2) is 0 Å². The van der Waals surface area contributed by atoms with Crippen molar-refractivity contribution in [2.75, 3.05) is 58.3 Å². The van der Waals surface area contributed by atoms with Gasteiger partial charge in [-0.3, -0.25) is 4.90 Å². The maximum absolute atomic E-state index is 5.05. The number of rotatable bonds is 7.